The summed E-state index contributed by atoms with van der Waals surface area (Å²) in [6.07, 6.45) is -1.46. The Morgan fingerprint density at radius 3 is 1.68 bits per heavy atom. The van der Waals surface area contributed by atoms with Gasteiger partial charge in [-0.1, -0.05) is 75.4 Å². The van der Waals surface area contributed by atoms with Crippen LogP contribution in [0.5, 0.6) is 11.5 Å². The number of aliphatic hydroxyl groups excluding tert-OH is 1. The van der Waals surface area contributed by atoms with E-state index in [1.54, 1.807) is 14.2 Å². The normalized spacial score (nSPS) is 21.8. The molecule has 214 valence electrons. The van der Waals surface area contributed by atoms with Crippen LogP contribution in [0.25, 0.3) is 0 Å². The van der Waals surface area contributed by atoms with Gasteiger partial charge < -0.3 is 28.5 Å². The van der Waals surface area contributed by atoms with Gasteiger partial charge in [0.15, 0.2) is 8.32 Å². The molecule has 0 aromatic heterocycles. The van der Waals surface area contributed by atoms with E-state index < -0.39 is 26.1 Å². The minimum absolute atomic E-state index is 0.00292. The second-order valence-corrected chi connectivity index (χ2v) is 16.7. The van der Waals surface area contributed by atoms with E-state index in [-0.39, 0.29) is 23.8 Å². The van der Waals surface area contributed by atoms with Crippen LogP contribution in [0.4, 0.5) is 0 Å². The summed E-state index contributed by atoms with van der Waals surface area (Å²) in [6.45, 7) is 11.0. The Balaban J connectivity index is 1.93. The van der Waals surface area contributed by atoms with E-state index in [0.29, 0.717) is 0 Å². The Bertz CT molecular complexity index is 1180. The van der Waals surface area contributed by atoms with Gasteiger partial charge in [-0.05, 0) is 59.1 Å². The molecule has 3 aromatic rings. The Labute approximate surface area is 241 Å². The van der Waals surface area contributed by atoms with Gasteiger partial charge in [0.05, 0.1) is 32.9 Å². The first-order valence-corrected chi connectivity index (χ1v) is 16.8. The maximum atomic E-state index is 10.5. The van der Waals surface area contributed by atoms with Gasteiger partial charge in [0.25, 0.3) is 0 Å². The fraction of sp³-hybridized carbons (Fsp3) is 0.438. The van der Waals surface area contributed by atoms with Crippen LogP contribution in [0.2, 0.25) is 18.1 Å². The summed E-state index contributed by atoms with van der Waals surface area (Å²) in [5.41, 5.74) is 1.76. The van der Waals surface area contributed by atoms with Crippen LogP contribution in [0.15, 0.2) is 78.9 Å². The summed E-state index contributed by atoms with van der Waals surface area (Å²) in [6, 6.07) is 25.8. The van der Waals surface area contributed by atoms with Gasteiger partial charge in [-0.3, -0.25) is 0 Å². The molecule has 40 heavy (non-hydrogen) atoms. The molecule has 4 atom stereocenters. The fourth-order valence-corrected chi connectivity index (χ4v) is 6.47. The van der Waals surface area contributed by atoms with Gasteiger partial charge in [-0.15, -0.1) is 0 Å². The molecule has 1 fully saturated rings. The third-order valence-electron chi connectivity index (χ3n) is 8.45. The number of rotatable bonds is 10. The summed E-state index contributed by atoms with van der Waals surface area (Å²) in [7, 11) is 3.12. The van der Waals surface area contributed by atoms with Crippen LogP contribution < -0.4 is 9.47 Å². The molecule has 0 amide bonds. The molecule has 0 radical (unpaired) electrons. The molecule has 6 nitrogen and oxygen atoms in total. The monoisotopic (exact) mass is 562 g/mol. The van der Waals surface area contributed by atoms with E-state index in [4.69, 9.17) is 23.4 Å². The lowest BCUT2D eigenvalue weighted by atomic mass is 9.79. The van der Waals surface area contributed by atoms with Crippen LogP contribution in [0, 0.1) is 0 Å². The average Bonchev–Trinajstić information content (AvgIpc) is 3.24. The molecular formula is C32H43BO6Si. The molecule has 2 unspecified atom stereocenters. The standard InChI is InChI=1S/C32H43BO6Si/c1-31(2,3)40(6,7)39-29-28(27(21-34)37-30(29)33)38-32(22-11-9-8-10-12-22,23-13-17-25(35-4)18-14-23)24-15-19-26(36-5)20-16-24/h8-20,27-30,34H,21,33H2,1-7H3/t27-,28?,29?,30-/m1/s1. The average molecular weight is 563 g/mol. The molecular weight excluding hydrogens is 519 g/mol. The van der Waals surface area contributed by atoms with Crippen molar-refractivity contribution in [2.45, 2.75) is 68.8 Å². The van der Waals surface area contributed by atoms with Gasteiger partial charge in [-0.25, -0.2) is 0 Å². The third-order valence-corrected chi connectivity index (χ3v) is 12.9. The molecule has 8 heteroatoms. The number of ether oxygens (including phenoxy) is 4. The Kier molecular flexibility index (Phi) is 9.17. The zero-order valence-electron chi connectivity index (χ0n) is 25.0. The highest BCUT2D eigenvalue weighted by Gasteiger charge is 2.52. The zero-order chi connectivity index (χ0) is 29.1. The SMILES string of the molecule is B[C@@H]1O[C@H](CO)C(OC(c2ccccc2)(c2ccc(OC)cc2)c2ccc(OC)cc2)C1O[Si](C)(C)C(C)(C)C. The minimum atomic E-state index is -2.21. The van der Waals surface area contributed by atoms with Crippen molar-refractivity contribution < 1.29 is 28.5 Å². The van der Waals surface area contributed by atoms with E-state index in [1.165, 1.54) is 0 Å². The largest absolute Gasteiger partial charge is 0.497 e. The second kappa shape index (κ2) is 12.1. The zero-order valence-corrected chi connectivity index (χ0v) is 26.0. The lowest BCUT2D eigenvalue weighted by Gasteiger charge is -2.43. The molecule has 1 aliphatic rings. The van der Waals surface area contributed by atoms with Crippen molar-refractivity contribution in [1.82, 2.24) is 0 Å². The number of hydrogen-bond donors (Lipinski definition) is 1. The van der Waals surface area contributed by atoms with Gasteiger partial charge in [0.1, 0.15) is 37.2 Å². The predicted molar refractivity (Wildman–Crippen MR) is 164 cm³/mol. The first-order valence-electron chi connectivity index (χ1n) is 13.9. The van der Waals surface area contributed by atoms with E-state index in [1.807, 2.05) is 74.6 Å². The summed E-state index contributed by atoms with van der Waals surface area (Å²) in [4.78, 5) is 0. The first-order chi connectivity index (χ1) is 19.0. The summed E-state index contributed by atoms with van der Waals surface area (Å²) >= 11 is 0. The van der Waals surface area contributed by atoms with Crippen molar-refractivity contribution in [1.29, 1.82) is 0 Å². The Morgan fingerprint density at radius 1 is 0.775 bits per heavy atom. The predicted octanol–water partition coefficient (Wildman–Crippen LogP) is 5.12. The maximum absolute atomic E-state index is 10.5. The van der Waals surface area contributed by atoms with Crippen molar-refractivity contribution in [3.8, 4) is 11.5 Å². The molecule has 4 rings (SSSR count). The van der Waals surface area contributed by atoms with E-state index in [0.717, 1.165) is 28.2 Å². The number of aliphatic hydroxyl groups is 1. The van der Waals surface area contributed by atoms with E-state index in [9.17, 15) is 5.11 Å². The number of hydrogen-bond acceptors (Lipinski definition) is 6. The summed E-state index contributed by atoms with van der Waals surface area (Å²) < 4.78 is 31.6. The Hall–Kier alpha value is -2.62. The van der Waals surface area contributed by atoms with Crippen molar-refractivity contribution in [2.75, 3.05) is 20.8 Å². The van der Waals surface area contributed by atoms with Crippen molar-refractivity contribution in [2.24, 2.45) is 0 Å². The molecule has 0 aliphatic carbocycles. The maximum Gasteiger partial charge on any atom is 0.192 e. The molecule has 1 aliphatic heterocycles. The number of methoxy groups -OCH3 is 2. The van der Waals surface area contributed by atoms with Crippen LogP contribution in [0.3, 0.4) is 0 Å². The van der Waals surface area contributed by atoms with Crippen LogP contribution in [-0.4, -0.2) is 66.4 Å². The minimum Gasteiger partial charge on any atom is -0.497 e. The molecule has 1 heterocycles. The lowest BCUT2D eigenvalue weighted by molar-refractivity contribution is -0.110. The topological polar surface area (TPSA) is 66.4 Å². The van der Waals surface area contributed by atoms with Crippen molar-refractivity contribution in [3.63, 3.8) is 0 Å². The van der Waals surface area contributed by atoms with Gasteiger partial charge >= 0.3 is 0 Å². The highest BCUT2D eigenvalue weighted by molar-refractivity contribution is 6.74. The first kappa shape index (κ1) is 30.3. The molecule has 0 spiro atoms. The smallest absolute Gasteiger partial charge is 0.192 e. The molecule has 1 saturated heterocycles. The van der Waals surface area contributed by atoms with Crippen molar-refractivity contribution >= 4 is 16.2 Å². The summed E-state index contributed by atoms with van der Waals surface area (Å²) in [5, 5.41) is 10.5. The van der Waals surface area contributed by atoms with Crippen molar-refractivity contribution in [3.05, 3.63) is 95.6 Å². The molecule has 1 N–H and O–H groups in total. The molecule has 0 bridgehead atoms. The quantitative estimate of drug-likeness (QED) is 0.273. The highest BCUT2D eigenvalue weighted by atomic mass is 28.4. The molecule has 0 saturated carbocycles. The van der Waals surface area contributed by atoms with Crippen LogP contribution in [0.1, 0.15) is 37.5 Å². The fourth-order valence-electron chi connectivity index (χ4n) is 5.11. The van der Waals surface area contributed by atoms with E-state index >= 15 is 0 Å². The highest BCUT2D eigenvalue weighted by Crippen LogP contribution is 2.46. The van der Waals surface area contributed by atoms with Crippen LogP contribution >= 0.6 is 0 Å². The van der Waals surface area contributed by atoms with E-state index in [2.05, 4.69) is 46.0 Å². The van der Waals surface area contributed by atoms with Gasteiger partial charge in [0.2, 0.25) is 0 Å². The second-order valence-electron chi connectivity index (χ2n) is 12.0. The lowest BCUT2D eigenvalue weighted by Crippen LogP contribution is -2.52. The molecule has 3 aromatic carbocycles. The van der Waals surface area contributed by atoms with Gasteiger partial charge in [0, 0.05) is 0 Å². The Morgan fingerprint density at radius 2 is 1.25 bits per heavy atom. The third kappa shape index (κ3) is 5.87. The van der Waals surface area contributed by atoms with Gasteiger partial charge in [-0.2, -0.15) is 0 Å². The number of benzene rings is 3. The van der Waals surface area contributed by atoms with Crippen LogP contribution in [-0.2, 0) is 19.5 Å². The summed E-state index contributed by atoms with van der Waals surface area (Å²) in [5.74, 6) is 1.51.